The second kappa shape index (κ2) is 6.13. The summed E-state index contributed by atoms with van der Waals surface area (Å²) in [6.45, 7) is 3.61. The van der Waals surface area contributed by atoms with Crippen LogP contribution in [0.1, 0.15) is 16.9 Å². The molecule has 1 aromatic carbocycles. The molecular formula is C15H19ClN2O. The minimum atomic E-state index is 0.755. The fraction of sp³-hybridized carbons (Fsp3) is 0.333. The van der Waals surface area contributed by atoms with E-state index in [0.717, 1.165) is 29.6 Å². The number of hydrogen-bond donors (Lipinski definition) is 1. The maximum atomic E-state index is 6.11. The Hall–Kier alpha value is -1.45. The second-order valence-electron chi connectivity index (χ2n) is 4.66. The van der Waals surface area contributed by atoms with Gasteiger partial charge in [-0.25, -0.2) is 0 Å². The molecule has 0 atom stereocenters. The largest absolute Gasteiger partial charge is 0.469 e. The molecule has 3 nitrogen and oxygen atoms in total. The number of nitrogens with one attached hydrogen (secondary N) is 1. The van der Waals surface area contributed by atoms with E-state index in [2.05, 4.69) is 23.3 Å². The molecule has 0 amide bonds. The molecule has 2 aromatic rings. The van der Waals surface area contributed by atoms with E-state index in [9.17, 15) is 0 Å². The van der Waals surface area contributed by atoms with Gasteiger partial charge >= 0.3 is 0 Å². The number of hydrogen-bond acceptors (Lipinski definition) is 3. The van der Waals surface area contributed by atoms with Gasteiger partial charge in [0, 0.05) is 36.4 Å². The smallest absolute Gasteiger partial charge is 0.105 e. The number of halogens is 1. The second-order valence-corrected chi connectivity index (χ2v) is 5.10. The Bertz CT molecular complexity index is 551. The number of aryl methyl sites for hydroxylation is 1. The van der Waals surface area contributed by atoms with Crippen molar-refractivity contribution in [1.29, 1.82) is 0 Å². The summed E-state index contributed by atoms with van der Waals surface area (Å²) in [4.78, 5) is 2.19. The highest BCUT2D eigenvalue weighted by molar-refractivity contribution is 6.30. The van der Waals surface area contributed by atoms with E-state index in [1.807, 2.05) is 32.2 Å². The molecule has 0 spiro atoms. The van der Waals surface area contributed by atoms with Gasteiger partial charge in [0.2, 0.25) is 0 Å². The van der Waals surface area contributed by atoms with Crippen molar-refractivity contribution in [3.63, 3.8) is 0 Å². The van der Waals surface area contributed by atoms with Gasteiger partial charge in [-0.3, -0.25) is 0 Å². The first-order chi connectivity index (χ1) is 9.11. The lowest BCUT2D eigenvalue weighted by Gasteiger charge is -2.22. The van der Waals surface area contributed by atoms with Crippen molar-refractivity contribution in [1.82, 2.24) is 5.32 Å². The van der Waals surface area contributed by atoms with Gasteiger partial charge in [0.15, 0.2) is 0 Å². The number of nitrogens with zero attached hydrogens (tertiary/aromatic N) is 1. The zero-order chi connectivity index (χ0) is 13.8. The summed E-state index contributed by atoms with van der Waals surface area (Å²) in [5.74, 6) is 0.962. The lowest BCUT2D eigenvalue weighted by atomic mass is 10.1. The molecule has 0 aliphatic heterocycles. The maximum absolute atomic E-state index is 6.11. The molecule has 0 aliphatic rings. The van der Waals surface area contributed by atoms with E-state index in [0.29, 0.717) is 0 Å². The van der Waals surface area contributed by atoms with Crippen LogP contribution in [0.2, 0.25) is 5.02 Å². The highest BCUT2D eigenvalue weighted by Crippen LogP contribution is 2.26. The molecule has 0 unspecified atom stereocenters. The number of furan rings is 1. The average molecular weight is 279 g/mol. The molecule has 1 N–H and O–H groups in total. The normalized spacial score (nSPS) is 10.7. The molecule has 2 rings (SSSR count). The maximum Gasteiger partial charge on any atom is 0.105 e. The zero-order valence-corrected chi connectivity index (χ0v) is 12.3. The van der Waals surface area contributed by atoms with Gasteiger partial charge in [-0.2, -0.15) is 0 Å². The van der Waals surface area contributed by atoms with Crippen LogP contribution in [0.5, 0.6) is 0 Å². The summed E-state index contributed by atoms with van der Waals surface area (Å²) in [5.41, 5.74) is 3.57. The van der Waals surface area contributed by atoms with Crippen molar-refractivity contribution in [3.05, 3.63) is 52.4 Å². The van der Waals surface area contributed by atoms with Gasteiger partial charge in [0.05, 0.1) is 6.26 Å². The molecule has 0 fully saturated rings. The zero-order valence-electron chi connectivity index (χ0n) is 11.5. The summed E-state index contributed by atoms with van der Waals surface area (Å²) in [5, 5.41) is 3.94. The summed E-state index contributed by atoms with van der Waals surface area (Å²) in [6, 6.07) is 8.00. The van der Waals surface area contributed by atoms with Gasteiger partial charge in [-0.05, 0) is 37.7 Å². The molecule has 0 radical (unpaired) electrons. The van der Waals surface area contributed by atoms with Crippen LogP contribution in [0.4, 0.5) is 5.69 Å². The van der Waals surface area contributed by atoms with Gasteiger partial charge in [0.1, 0.15) is 5.76 Å². The molecule has 0 aliphatic carbocycles. The molecule has 1 heterocycles. The van der Waals surface area contributed by atoms with E-state index in [1.54, 1.807) is 6.26 Å². The predicted octanol–water partition coefficient (Wildman–Crippen LogP) is 3.60. The van der Waals surface area contributed by atoms with Gasteiger partial charge in [-0.15, -0.1) is 0 Å². The first-order valence-electron chi connectivity index (χ1n) is 6.29. The first kappa shape index (κ1) is 14.0. The highest BCUT2D eigenvalue weighted by Gasteiger charge is 2.10. The van der Waals surface area contributed by atoms with E-state index in [4.69, 9.17) is 16.0 Å². The van der Waals surface area contributed by atoms with Crippen molar-refractivity contribution in [2.45, 2.75) is 20.0 Å². The SMILES string of the molecule is CNCc1ccc(Cl)cc1N(C)Cc1ccoc1C. The minimum absolute atomic E-state index is 0.755. The molecule has 1 aromatic heterocycles. The molecule has 19 heavy (non-hydrogen) atoms. The minimum Gasteiger partial charge on any atom is -0.469 e. The third kappa shape index (κ3) is 3.31. The Morgan fingerprint density at radius 1 is 1.26 bits per heavy atom. The van der Waals surface area contributed by atoms with Gasteiger partial charge < -0.3 is 14.6 Å². The third-order valence-electron chi connectivity index (χ3n) is 3.20. The predicted molar refractivity (Wildman–Crippen MR) is 79.8 cm³/mol. The molecule has 0 saturated heterocycles. The summed E-state index contributed by atoms with van der Waals surface area (Å²) in [7, 11) is 4.01. The molecular weight excluding hydrogens is 260 g/mol. The Labute approximate surface area is 119 Å². The van der Waals surface area contributed by atoms with Crippen LogP contribution >= 0.6 is 11.6 Å². The van der Waals surface area contributed by atoms with Crippen LogP contribution in [0.25, 0.3) is 0 Å². The van der Waals surface area contributed by atoms with Gasteiger partial charge in [0.25, 0.3) is 0 Å². The van der Waals surface area contributed by atoms with E-state index in [-0.39, 0.29) is 0 Å². The van der Waals surface area contributed by atoms with Crippen molar-refractivity contribution in [2.75, 3.05) is 19.0 Å². The number of anilines is 1. The Morgan fingerprint density at radius 3 is 2.68 bits per heavy atom. The standard InChI is InChI=1S/C15H19ClN2O/c1-11-13(6-7-19-11)10-18(3)15-8-14(16)5-4-12(15)9-17-2/h4-8,17H,9-10H2,1-3H3. The summed E-state index contributed by atoms with van der Waals surface area (Å²) in [6.07, 6.45) is 1.73. The fourth-order valence-corrected chi connectivity index (χ4v) is 2.31. The number of rotatable bonds is 5. The van der Waals surface area contributed by atoms with Crippen molar-refractivity contribution in [3.8, 4) is 0 Å². The van der Waals surface area contributed by atoms with Crippen LogP contribution in [0.15, 0.2) is 34.9 Å². The molecule has 102 valence electrons. The van der Waals surface area contributed by atoms with E-state index in [1.165, 1.54) is 11.1 Å². The Kier molecular flexibility index (Phi) is 4.51. The van der Waals surface area contributed by atoms with Crippen molar-refractivity contribution in [2.24, 2.45) is 0 Å². The fourth-order valence-electron chi connectivity index (χ4n) is 2.15. The van der Waals surface area contributed by atoms with Crippen LogP contribution in [0.3, 0.4) is 0 Å². The van der Waals surface area contributed by atoms with Crippen molar-refractivity contribution >= 4 is 17.3 Å². The highest BCUT2D eigenvalue weighted by atomic mass is 35.5. The van der Waals surface area contributed by atoms with Crippen LogP contribution < -0.4 is 10.2 Å². The number of benzene rings is 1. The molecule has 4 heteroatoms. The lowest BCUT2D eigenvalue weighted by molar-refractivity contribution is 0.529. The quantitative estimate of drug-likeness (QED) is 0.906. The Morgan fingerprint density at radius 2 is 2.05 bits per heavy atom. The monoisotopic (exact) mass is 278 g/mol. The third-order valence-corrected chi connectivity index (χ3v) is 3.43. The van der Waals surface area contributed by atoms with E-state index >= 15 is 0 Å². The summed E-state index contributed by atoms with van der Waals surface area (Å²) < 4.78 is 5.34. The van der Waals surface area contributed by atoms with Crippen molar-refractivity contribution < 1.29 is 4.42 Å². The lowest BCUT2D eigenvalue weighted by Crippen LogP contribution is -2.19. The first-order valence-corrected chi connectivity index (χ1v) is 6.66. The van der Waals surface area contributed by atoms with Gasteiger partial charge in [-0.1, -0.05) is 17.7 Å². The molecule has 0 bridgehead atoms. The average Bonchev–Trinajstić information content (AvgIpc) is 2.77. The van der Waals surface area contributed by atoms with Crippen LogP contribution in [-0.4, -0.2) is 14.1 Å². The van der Waals surface area contributed by atoms with Crippen LogP contribution in [0, 0.1) is 6.92 Å². The summed E-state index contributed by atoms with van der Waals surface area (Å²) >= 11 is 6.11. The topological polar surface area (TPSA) is 28.4 Å². The Balaban J connectivity index is 2.24. The molecule has 0 saturated carbocycles. The van der Waals surface area contributed by atoms with Crippen LogP contribution in [-0.2, 0) is 13.1 Å². The van der Waals surface area contributed by atoms with E-state index < -0.39 is 0 Å².